The van der Waals surface area contributed by atoms with Crippen LogP contribution in [0.2, 0.25) is 0 Å². The zero-order valence-electron chi connectivity index (χ0n) is 11.2. The summed E-state index contributed by atoms with van der Waals surface area (Å²) in [6.07, 6.45) is 3.15. The summed E-state index contributed by atoms with van der Waals surface area (Å²) in [5.74, 6) is 6.10. The maximum atomic E-state index is 3.53. The molecule has 17 heavy (non-hydrogen) atoms. The average molecular weight is 229 g/mol. The summed E-state index contributed by atoms with van der Waals surface area (Å²) >= 11 is 0. The van der Waals surface area contributed by atoms with E-state index in [2.05, 4.69) is 55.3 Å². The third kappa shape index (κ3) is 4.63. The Morgan fingerprint density at radius 2 is 1.88 bits per heavy atom. The lowest BCUT2D eigenvalue weighted by Crippen LogP contribution is -2.20. The van der Waals surface area contributed by atoms with Crippen LogP contribution in [0.4, 0.5) is 0 Å². The van der Waals surface area contributed by atoms with E-state index in [9.17, 15) is 0 Å². The monoisotopic (exact) mass is 229 g/mol. The SMILES string of the molecule is CC#CCCC(NCC)c1ccc(CC)cc1. The van der Waals surface area contributed by atoms with Crippen LogP contribution in [-0.2, 0) is 6.42 Å². The molecule has 1 aromatic rings. The van der Waals surface area contributed by atoms with E-state index < -0.39 is 0 Å². The second kappa shape index (κ2) is 7.92. The Kier molecular flexibility index (Phi) is 6.43. The molecule has 0 radical (unpaired) electrons. The predicted octanol–water partition coefficient (Wildman–Crippen LogP) is 3.70. The van der Waals surface area contributed by atoms with Crippen molar-refractivity contribution in [2.24, 2.45) is 0 Å². The first kappa shape index (κ1) is 13.8. The lowest BCUT2D eigenvalue weighted by molar-refractivity contribution is 0.522. The molecule has 0 saturated heterocycles. The molecule has 1 unspecified atom stereocenters. The fourth-order valence-corrected chi connectivity index (χ4v) is 1.96. The molecule has 1 rings (SSSR count). The van der Waals surface area contributed by atoms with Crippen LogP contribution < -0.4 is 5.32 Å². The maximum absolute atomic E-state index is 3.53. The summed E-state index contributed by atoms with van der Waals surface area (Å²) in [6.45, 7) is 7.24. The highest BCUT2D eigenvalue weighted by Gasteiger charge is 2.08. The smallest absolute Gasteiger partial charge is 0.0329 e. The van der Waals surface area contributed by atoms with Crippen molar-refractivity contribution in [2.75, 3.05) is 6.54 Å². The standard InChI is InChI=1S/C16H23N/c1-4-7-8-9-16(17-6-3)15-12-10-14(5-2)11-13-15/h10-13,16-17H,5-6,8-9H2,1-3H3. The molecule has 0 bridgehead atoms. The first-order valence-corrected chi connectivity index (χ1v) is 6.53. The third-order valence-corrected chi connectivity index (χ3v) is 2.98. The zero-order valence-corrected chi connectivity index (χ0v) is 11.2. The normalized spacial score (nSPS) is 11.7. The minimum atomic E-state index is 0.437. The molecule has 92 valence electrons. The van der Waals surface area contributed by atoms with Crippen LogP contribution in [0.5, 0.6) is 0 Å². The van der Waals surface area contributed by atoms with Gasteiger partial charge in [0.25, 0.3) is 0 Å². The molecular weight excluding hydrogens is 206 g/mol. The van der Waals surface area contributed by atoms with Gasteiger partial charge in [-0.1, -0.05) is 38.1 Å². The van der Waals surface area contributed by atoms with Gasteiger partial charge in [-0.3, -0.25) is 0 Å². The number of hydrogen-bond acceptors (Lipinski definition) is 1. The van der Waals surface area contributed by atoms with Gasteiger partial charge in [0.1, 0.15) is 0 Å². The van der Waals surface area contributed by atoms with Gasteiger partial charge in [-0.25, -0.2) is 0 Å². The van der Waals surface area contributed by atoms with Gasteiger partial charge in [0.05, 0.1) is 0 Å². The highest BCUT2D eigenvalue weighted by Crippen LogP contribution is 2.19. The lowest BCUT2D eigenvalue weighted by atomic mass is 10.00. The maximum Gasteiger partial charge on any atom is 0.0329 e. The van der Waals surface area contributed by atoms with Gasteiger partial charge in [-0.15, -0.1) is 11.8 Å². The van der Waals surface area contributed by atoms with Crippen LogP contribution in [0, 0.1) is 11.8 Å². The molecule has 0 saturated carbocycles. The number of nitrogens with one attached hydrogen (secondary N) is 1. The van der Waals surface area contributed by atoms with Crippen LogP contribution in [0.3, 0.4) is 0 Å². The van der Waals surface area contributed by atoms with Gasteiger partial charge in [0, 0.05) is 12.5 Å². The predicted molar refractivity (Wildman–Crippen MR) is 74.9 cm³/mol. The fourth-order valence-electron chi connectivity index (χ4n) is 1.96. The van der Waals surface area contributed by atoms with E-state index in [4.69, 9.17) is 0 Å². The summed E-state index contributed by atoms with van der Waals surface area (Å²) in [7, 11) is 0. The Labute approximate surface area is 106 Å². The molecule has 0 heterocycles. The van der Waals surface area contributed by atoms with Gasteiger partial charge in [-0.05, 0) is 37.4 Å². The van der Waals surface area contributed by atoms with Crippen molar-refractivity contribution in [3.8, 4) is 11.8 Å². The van der Waals surface area contributed by atoms with Gasteiger partial charge in [0.2, 0.25) is 0 Å². The van der Waals surface area contributed by atoms with Crippen molar-refractivity contribution in [2.45, 2.75) is 46.1 Å². The molecule has 0 amide bonds. The Morgan fingerprint density at radius 3 is 2.41 bits per heavy atom. The van der Waals surface area contributed by atoms with Crippen LogP contribution in [-0.4, -0.2) is 6.54 Å². The minimum absolute atomic E-state index is 0.437. The van der Waals surface area contributed by atoms with E-state index in [-0.39, 0.29) is 0 Å². The van der Waals surface area contributed by atoms with Crippen molar-refractivity contribution in [1.82, 2.24) is 5.32 Å². The summed E-state index contributed by atoms with van der Waals surface area (Å²) in [5, 5.41) is 3.53. The molecule has 0 aliphatic carbocycles. The highest BCUT2D eigenvalue weighted by molar-refractivity contribution is 5.25. The molecule has 1 aromatic carbocycles. The van der Waals surface area contributed by atoms with Crippen LogP contribution >= 0.6 is 0 Å². The molecule has 1 heteroatoms. The van der Waals surface area contributed by atoms with E-state index in [0.29, 0.717) is 6.04 Å². The summed E-state index contributed by atoms with van der Waals surface area (Å²) in [6, 6.07) is 9.37. The van der Waals surface area contributed by atoms with Gasteiger partial charge < -0.3 is 5.32 Å². The van der Waals surface area contributed by atoms with E-state index in [1.165, 1.54) is 11.1 Å². The average Bonchev–Trinajstić information content (AvgIpc) is 2.38. The van der Waals surface area contributed by atoms with Crippen LogP contribution in [0.25, 0.3) is 0 Å². The summed E-state index contributed by atoms with van der Waals surface area (Å²) in [4.78, 5) is 0. The molecule has 0 fully saturated rings. The Morgan fingerprint density at radius 1 is 1.18 bits per heavy atom. The zero-order chi connectivity index (χ0) is 12.5. The van der Waals surface area contributed by atoms with E-state index >= 15 is 0 Å². The number of rotatable bonds is 6. The Bertz CT molecular complexity index is 367. The summed E-state index contributed by atoms with van der Waals surface area (Å²) < 4.78 is 0. The molecule has 0 spiro atoms. The van der Waals surface area contributed by atoms with E-state index in [1.807, 2.05) is 6.92 Å². The van der Waals surface area contributed by atoms with Crippen LogP contribution in [0.15, 0.2) is 24.3 Å². The minimum Gasteiger partial charge on any atom is -0.310 e. The third-order valence-electron chi connectivity index (χ3n) is 2.98. The second-order valence-corrected chi connectivity index (χ2v) is 4.17. The fraction of sp³-hybridized carbons (Fsp3) is 0.500. The van der Waals surface area contributed by atoms with Crippen LogP contribution in [0.1, 0.15) is 50.8 Å². The van der Waals surface area contributed by atoms with Crippen molar-refractivity contribution in [3.05, 3.63) is 35.4 Å². The Balaban J connectivity index is 2.69. The van der Waals surface area contributed by atoms with Gasteiger partial charge in [-0.2, -0.15) is 0 Å². The number of benzene rings is 1. The molecule has 1 nitrogen and oxygen atoms in total. The molecule has 0 aliphatic heterocycles. The van der Waals surface area contributed by atoms with Crippen molar-refractivity contribution < 1.29 is 0 Å². The molecule has 0 aromatic heterocycles. The van der Waals surface area contributed by atoms with E-state index in [1.54, 1.807) is 0 Å². The van der Waals surface area contributed by atoms with E-state index in [0.717, 1.165) is 25.8 Å². The van der Waals surface area contributed by atoms with Gasteiger partial charge >= 0.3 is 0 Å². The topological polar surface area (TPSA) is 12.0 Å². The lowest BCUT2D eigenvalue weighted by Gasteiger charge is -2.17. The number of aryl methyl sites for hydroxylation is 1. The highest BCUT2D eigenvalue weighted by atomic mass is 14.9. The van der Waals surface area contributed by atoms with Crippen molar-refractivity contribution >= 4 is 0 Å². The van der Waals surface area contributed by atoms with Gasteiger partial charge in [0.15, 0.2) is 0 Å². The quantitative estimate of drug-likeness (QED) is 0.733. The van der Waals surface area contributed by atoms with Crippen molar-refractivity contribution in [1.29, 1.82) is 0 Å². The second-order valence-electron chi connectivity index (χ2n) is 4.17. The molecular formula is C16H23N. The summed E-state index contributed by atoms with van der Waals surface area (Å²) in [5.41, 5.74) is 2.78. The number of hydrogen-bond donors (Lipinski definition) is 1. The Hall–Kier alpha value is -1.26. The molecule has 1 atom stereocenters. The molecule has 0 aliphatic rings. The molecule has 1 N–H and O–H groups in total. The first-order valence-electron chi connectivity index (χ1n) is 6.53. The van der Waals surface area contributed by atoms with Crippen molar-refractivity contribution in [3.63, 3.8) is 0 Å². The first-order chi connectivity index (χ1) is 8.31. The largest absolute Gasteiger partial charge is 0.310 e.